The Morgan fingerprint density at radius 2 is 1.89 bits per heavy atom. The normalized spacial score (nSPS) is 31.2. The van der Waals surface area contributed by atoms with E-state index in [1.807, 2.05) is 20.8 Å². The van der Waals surface area contributed by atoms with Crippen LogP contribution in [-0.4, -0.2) is 17.2 Å². The molecule has 1 aliphatic rings. The maximum Gasteiger partial charge on any atom is 0.408 e. The molecule has 106 valence electrons. The van der Waals surface area contributed by atoms with Crippen LogP contribution >= 0.6 is 0 Å². The zero-order chi connectivity index (χ0) is 14.2. The van der Waals surface area contributed by atoms with Crippen LogP contribution in [0.15, 0.2) is 0 Å². The second-order valence-corrected chi connectivity index (χ2v) is 7.32. The first-order chi connectivity index (χ1) is 8.02. The van der Waals surface area contributed by atoms with Gasteiger partial charge in [0.05, 0.1) is 0 Å². The van der Waals surface area contributed by atoms with Gasteiger partial charge in [0, 0.05) is 5.54 Å². The minimum Gasteiger partial charge on any atom is -0.444 e. The molecule has 1 aliphatic carbocycles. The Morgan fingerprint density at radius 1 is 1.33 bits per heavy atom. The lowest BCUT2D eigenvalue weighted by molar-refractivity contribution is 0.0348. The van der Waals surface area contributed by atoms with Crippen molar-refractivity contribution >= 4 is 6.09 Å². The van der Waals surface area contributed by atoms with E-state index in [4.69, 9.17) is 4.74 Å². The predicted octanol–water partition coefficient (Wildman–Crippen LogP) is 4.12. The standard InChI is InChI=1S/C15H29NO2/c1-8-11-9-10-15(7,14(11,5)6)16-12(17)18-13(2,3)4/h11H,8-10H2,1-7H3,(H,16,17). The Bertz CT molecular complexity index is 317. The molecular weight excluding hydrogens is 226 g/mol. The van der Waals surface area contributed by atoms with Gasteiger partial charge >= 0.3 is 6.09 Å². The zero-order valence-electron chi connectivity index (χ0n) is 13.0. The molecule has 0 heterocycles. The van der Waals surface area contributed by atoms with Crippen molar-refractivity contribution in [3.05, 3.63) is 0 Å². The molecule has 0 spiro atoms. The van der Waals surface area contributed by atoms with E-state index in [-0.39, 0.29) is 17.0 Å². The molecule has 1 amide bonds. The van der Waals surface area contributed by atoms with E-state index in [1.165, 1.54) is 12.8 Å². The van der Waals surface area contributed by atoms with E-state index in [0.29, 0.717) is 5.92 Å². The molecule has 1 N–H and O–H groups in total. The third-order valence-corrected chi connectivity index (χ3v) is 4.71. The summed E-state index contributed by atoms with van der Waals surface area (Å²) >= 11 is 0. The van der Waals surface area contributed by atoms with Crippen LogP contribution < -0.4 is 5.32 Å². The lowest BCUT2D eigenvalue weighted by Crippen LogP contribution is -2.55. The first kappa shape index (κ1) is 15.3. The van der Waals surface area contributed by atoms with Gasteiger partial charge in [0.1, 0.15) is 5.60 Å². The highest BCUT2D eigenvalue weighted by Crippen LogP contribution is 2.51. The molecule has 3 nitrogen and oxygen atoms in total. The molecule has 0 aromatic heterocycles. The first-order valence-electron chi connectivity index (χ1n) is 7.03. The second-order valence-electron chi connectivity index (χ2n) is 7.32. The maximum atomic E-state index is 12.0. The van der Waals surface area contributed by atoms with Crippen molar-refractivity contribution < 1.29 is 9.53 Å². The van der Waals surface area contributed by atoms with Gasteiger partial charge in [-0.25, -0.2) is 4.79 Å². The molecule has 3 heteroatoms. The van der Waals surface area contributed by atoms with Crippen LogP contribution in [0, 0.1) is 11.3 Å². The van der Waals surface area contributed by atoms with Gasteiger partial charge < -0.3 is 10.1 Å². The molecule has 0 aliphatic heterocycles. The summed E-state index contributed by atoms with van der Waals surface area (Å²) in [6.07, 6.45) is 3.07. The van der Waals surface area contributed by atoms with Crippen LogP contribution in [0.2, 0.25) is 0 Å². The van der Waals surface area contributed by atoms with Crippen molar-refractivity contribution in [3.63, 3.8) is 0 Å². The van der Waals surface area contributed by atoms with E-state index in [9.17, 15) is 4.79 Å². The van der Waals surface area contributed by atoms with Crippen LogP contribution in [-0.2, 0) is 4.74 Å². The summed E-state index contributed by atoms with van der Waals surface area (Å²) in [7, 11) is 0. The summed E-state index contributed by atoms with van der Waals surface area (Å²) in [5.41, 5.74) is -0.498. The first-order valence-corrected chi connectivity index (χ1v) is 7.03. The van der Waals surface area contributed by atoms with Gasteiger partial charge in [-0.15, -0.1) is 0 Å². The molecule has 0 bridgehead atoms. The Labute approximate surface area is 112 Å². The van der Waals surface area contributed by atoms with E-state index < -0.39 is 5.60 Å². The van der Waals surface area contributed by atoms with Gasteiger partial charge in [-0.2, -0.15) is 0 Å². The van der Waals surface area contributed by atoms with Gasteiger partial charge in [-0.1, -0.05) is 27.2 Å². The van der Waals surface area contributed by atoms with Gasteiger partial charge in [0.15, 0.2) is 0 Å². The predicted molar refractivity (Wildman–Crippen MR) is 74.6 cm³/mol. The molecule has 0 aromatic rings. The topological polar surface area (TPSA) is 38.3 Å². The van der Waals surface area contributed by atoms with Crippen LogP contribution in [0.25, 0.3) is 0 Å². The van der Waals surface area contributed by atoms with Gasteiger partial charge in [-0.3, -0.25) is 0 Å². The van der Waals surface area contributed by atoms with Crippen molar-refractivity contribution in [1.29, 1.82) is 0 Å². The van der Waals surface area contributed by atoms with Gasteiger partial charge in [0.2, 0.25) is 0 Å². The summed E-state index contributed by atoms with van der Waals surface area (Å²) < 4.78 is 5.38. The molecule has 0 aromatic carbocycles. The number of carbonyl (C=O) groups excluding carboxylic acids is 1. The van der Waals surface area contributed by atoms with Crippen molar-refractivity contribution in [2.24, 2.45) is 11.3 Å². The molecule has 1 rings (SSSR count). The third-order valence-electron chi connectivity index (χ3n) is 4.71. The fourth-order valence-electron chi connectivity index (χ4n) is 3.06. The Hall–Kier alpha value is -0.730. The minimum atomic E-state index is -0.437. The highest BCUT2D eigenvalue weighted by atomic mass is 16.6. The molecule has 18 heavy (non-hydrogen) atoms. The molecular formula is C15H29NO2. The van der Waals surface area contributed by atoms with Crippen LogP contribution in [0.5, 0.6) is 0 Å². The Morgan fingerprint density at radius 3 is 2.28 bits per heavy atom. The van der Waals surface area contributed by atoms with Crippen molar-refractivity contribution in [1.82, 2.24) is 5.32 Å². The summed E-state index contributed by atoms with van der Waals surface area (Å²) in [5, 5.41) is 3.11. The SMILES string of the molecule is CCC1CCC(C)(NC(=O)OC(C)(C)C)C1(C)C. The van der Waals surface area contributed by atoms with E-state index in [2.05, 4.69) is 33.0 Å². The number of hydrogen-bond donors (Lipinski definition) is 1. The lowest BCUT2D eigenvalue weighted by Gasteiger charge is -2.42. The minimum absolute atomic E-state index is 0.110. The number of amides is 1. The molecule has 1 fully saturated rings. The smallest absolute Gasteiger partial charge is 0.408 e. The monoisotopic (exact) mass is 255 g/mol. The number of carbonyl (C=O) groups is 1. The largest absolute Gasteiger partial charge is 0.444 e. The quantitative estimate of drug-likeness (QED) is 0.806. The Balaban J connectivity index is 2.74. The van der Waals surface area contributed by atoms with Crippen LogP contribution in [0.1, 0.15) is 67.7 Å². The average molecular weight is 255 g/mol. The second kappa shape index (κ2) is 4.75. The highest BCUT2D eigenvalue weighted by molar-refractivity contribution is 5.69. The van der Waals surface area contributed by atoms with Crippen molar-refractivity contribution in [2.75, 3.05) is 0 Å². The summed E-state index contributed by atoms with van der Waals surface area (Å²) in [4.78, 5) is 12.0. The maximum absolute atomic E-state index is 12.0. The van der Waals surface area contributed by atoms with E-state index in [0.717, 1.165) is 6.42 Å². The number of rotatable bonds is 2. The van der Waals surface area contributed by atoms with Crippen molar-refractivity contribution in [2.45, 2.75) is 78.9 Å². The van der Waals surface area contributed by atoms with Gasteiger partial charge in [-0.05, 0) is 51.9 Å². The average Bonchev–Trinajstić information content (AvgIpc) is 2.34. The molecule has 2 unspecified atom stereocenters. The molecule has 0 saturated heterocycles. The highest BCUT2D eigenvalue weighted by Gasteiger charge is 2.51. The number of ether oxygens (including phenoxy) is 1. The van der Waals surface area contributed by atoms with Crippen LogP contribution in [0.4, 0.5) is 4.79 Å². The fourth-order valence-corrected chi connectivity index (χ4v) is 3.06. The van der Waals surface area contributed by atoms with E-state index in [1.54, 1.807) is 0 Å². The number of alkyl carbamates (subject to hydrolysis) is 1. The lowest BCUT2D eigenvalue weighted by atomic mass is 9.70. The molecule has 0 radical (unpaired) electrons. The van der Waals surface area contributed by atoms with E-state index >= 15 is 0 Å². The number of nitrogens with one attached hydrogen (secondary N) is 1. The summed E-state index contributed by atoms with van der Waals surface area (Å²) in [5.74, 6) is 0.664. The zero-order valence-corrected chi connectivity index (χ0v) is 13.0. The molecule has 2 atom stereocenters. The summed E-state index contributed by atoms with van der Waals surface area (Å²) in [6, 6.07) is 0. The van der Waals surface area contributed by atoms with Crippen LogP contribution in [0.3, 0.4) is 0 Å². The summed E-state index contributed by atoms with van der Waals surface area (Å²) in [6.45, 7) is 14.6. The van der Waals surface area contributed by atoms with Crippen molar-refractivity contribution in [3.8, 4) is 0 Å². The third kappa shape index (κ3) is 2.99. The Kier molecular flexibility index (Phi) is 4.04. The van der Waals surface area contributed by atoms with Gasteiger partial charge in [0.25, 0.3) is 0 Å². The molecule has 1 saturated carbocycles. The number of hydrogen-bond acceptors (Lipinski definition) is 2. The fraction of sp³-hybridized carbons (Fsp3) is 0.933.